The van der Waals surface area contributed by atoms with Crippen LogP contribution in [0.15, 0.2) is 18.2 Å². The first-order chi connectivity index (χ1) is 12.2. The maximum atomic E-state index is 13.7. The zero-order chi connectivity index (χ0) is 18.9. The second-order valence-corrected chi connectivity index (χ2v) is 5.95. The summed E-state index contributed by atoms with van der Waals surface area (Å²) in [4.78, 5) is 7.28. The minimum Gasteiger partial charge on any atom is -0.351 e. The van der Waals surface area contributed by atoms with Crippen LogP contribution < -0.4 is 10.6 Å². The van der Waals surface area contributed by atoms with Crippen molar-refractivity contribution in [2.45, 2.75) is 37.9 Å². The van der Waals surface area contributed by atoms with Crippen molar-refractivity contribution in [1.82, 2.24) is 9.97 Å². The molecule has 10 heteroatoms. The van der Waals surface area contributed by atoms with Gasteiger partial charge in [0.25, 0.3) is 0 Å². The molecule has 0 atom stereocenters. The summed E-state index contributed by atoms with van der Waals surface area (Å²) in [7, 11) is 0. The van der Waals surface area contributed by atoms with Crippen LogP contribution in [0.5, 0.6) is 0 Å². The summed E-state index contributed by atoms with van der Waals surface area (Å²) in [5.74, 6) is -4.48. The number of halogens is 6. The van der Waals surface area contributed by atoms with Crippen LogP contribution in [0.3, 0.4) is 0 Å². The molecule has 1 fully saturated rings. The summed E-state index contributed by atoms with van der Waals surface area (Å²) in [5.41, 5.74) is -2.07. The molecule has 3 rings (SSSR count). The van der Waals surface area contributed by atoms with E-state index in [9.17, 15) is 26.3 Å². The number of anilines is 3. The van der Waals surface area contributed by atoms with Crippen LogP contribution in [-0.4, -0.2) is 16.0 Å². The van der Waals surface area contributed by atoms with Gasteiger partial charge < -0.3 is 10.6 Å². The van der Waals surface area contributed by atoms with E-state index in [0.29, 0.717) is 18.2 Å². The van der Waals surface area contributed by atoms with Crippen LogP contribution in [0.1, 0.15) is 31.4 Å². The van der Waals surface area contributed by atoms with Crippen molar-refractivity contribution in [1.29, 1.82) is 0 Å². The Kier molecular flexibility index (Phi) is 4.92. The SMILES string of the molecule is Fc1cc(F)c(Nc2cc(C(F)(F)F)nc(NC3CCCC3)n2)c(F)c1. The van der Waals surface area contributed by atoms with Crippen LogP contribution in [0.4, 0.5) is 43.8 Å². The number of rotatable bonds is 4. The first kappa shape index (κ1) is 18.3. The number of alkyl halides is 3. The van der Waals surface area contributed by atoms with Gasteiger partial charge >= 0.3 is 6.18 Å². The monoisotopic (exact) mass is 376 g/mol. The molecule has 2 aromatic rings. The molecule has 1 aromatic carbocycles. The van der Waals surface area contributed by atoms with Crippen molar-refractivity contribution in [3.8, 4) is 0 Å². The van der Waals surface area contributed by atoms with Crippen LogP contribution >= 0.6 is 0 Å². The Balaban J connectivity index is 1.95. The number of nitrogens with one attached hydrogen (secondary N) is 2. The highest BCUT2D eigenvalue weighted by atomic mass is 19.4. The Morgan fingerprint density at radius 3 is 2.12 bits per heavy atom. The quantitative estimate of drug-likeness (QED) is 0.737. The van der Waals surface area contributed by atoms with Crippen LogP contribution in [0, 0.1) is 17.5 Å². The molecule has 0 spiro atoms. The standard InChI is InChI=1S/C16H14F6N4/c17-8-5-10(18)14(11(19)6-8)25-13-7-12(16(20,21)22)24-15(26-13)23-9-3-1-2-4-9/h5-7,9H,1-4H2,(H2,23,24,25,26). The highest BCUT2D eigenvalue weighted by Gasteiger charge is 2.34. The number of hydrogen-bond acceptors (Lipinski definition) is 4. The van der Waals surface area contributed by atoms with E-state index in [0.717, 1.165) is 25.7 Å². The van der Waals surface area contributed by atoms with Gasteiger partial charge in [-0.3, -0.25) is 0 Å². The maximum absolute atomic E-state index is 13.7. The van der Waals surface area contributed by atoms with E-state index in [1.165, 1.54) is 0 Å². The van der Waals surface area contributed by atoms with Gasteiger partial charge in [-0.1, -0.05) is 12.8 Å². The summed E-state index contributed by atoms with van der Waals surface area (Å²) in [6, 6.07) is 1.29. The number of hydrogen-bond donors (Lipinski definition) is 2. The van der Waals surface area contributed by atoms with Crippen molar-refractivity contribution in [2.24, 2.45) is 0 Å². The highest BCUT2D eigenvalue weighted by Crippen LogP contribution is 2.32. The average Bonchev–Trinajstić information content (AvgIpc) is 3.02. The molecule has 4 nitrogen and oxygen atoms in total. The van der Waals surface area contributed by atoms with E-state index in [4.69, 9.17) is 0 Å². The van der Waals surface area contributed by atoms with E-state index >= 15 is 0 Å². The molecular weight excluding hydrogens is 362 g/mol. The molecular formula is C16H14F6N4. The molecule has 0 saturated heterocycles. The second kappa shape index (κ2) is 7.00. The lowest BCUT2D eigenvalue weighted by Crippen LogP contribution is -2.19. The van der Waals surface area contributed by atoms with Gasteiger partial charge in [0.15, 0.2) is 17.3 Å². The molecule has 1 heterocycles. The predicted octanol–water partition coefficient (Wildman–Crippen LogP) is 5.01. The topological polar surface area (TPSA) is 49.8 Å². The van der Waals surface area contributed by atoms with Crippen molar-refractivity contribution < 1.29 is 26.3 Å². The minimum atomic E-state index is -4.77. The van der Waals surface area contributed by atoms with E-state index in [2.05, 4.69) is 20.6 Å². The molecule has 0 aliphatic heterocycles. The van der Waals surface area contributed by atoms with Crippen LogP contribution in [-0.2, 0) is 6.18 Å². The van der Waals surface area contributed by atoms with E-state index in [1.54, 1.807) is 0 Å². The zero-order valence-electron chi connectivity index (χ0n) is 13.3. The molecule has 26 heavy (non-hydrogen) atoms. The summed E-state index contributed by atoms with van der Waals surface area (Å²) in [6.07, 6.45) is -1.36. The van der Waals surface area contributed by atoms with Crippen molar-refractivity contribution in [3.63, 3.8) is 0 Å². The third kappa shape index (κ3) is 4.17. The lowest BCUT2D eigenvalue weighted by molar-refractivity contribution is -0.141. The summed E-state index contributed by atoms with van der Waals surface area (Å²) in [6.45, 7) is 0. The zero-order valence-corrected chi connectivity index (χ0v) is 13.3. The predicted molar refractivity (Wildman–Crippen MR) is 82.5 cm³/mol. The Labute approximate surface area is 144 Å². The first-order valence-corrected chi connectivity index (χ1v) is 7.87. The van der Waals surface area contributed by atoms with Gasteiger partial charge in [-0.05, 0) is 12.8 Å². The maximum Gasteiger partial charge on any atom is 0.433 e. The number of nitrogens with zero attached hydrogens (tertiary/aromatic N) is 2. The highest BCUT2D eigenvalue weighted by molar-refractivity contribution is 5.59. The molecule has 0 radical (unpaired) electrons. The van der Waals surface area contributed by atoms with E-state index < -0.39 is 40.8 Å². The first-order valence-electron chi connectivity index (χ1n) is 7.87. The van der Waals surface area contributed by atoms with Crippen LogP contribution in [0.2, 0.25) is 0 Å². The Morgan fingerprint density at radius 1 is 0.923 bits per heavy atom. The normalized spacial score (nSPS) is 15.3. The molecule has 0 unspecified atom stereocenters. The average molecular weight is 376 g/mol. The fourth-order valence-corrected chi connectivity index (χ4v) is 2.76. The van der Waals surface area contributed by atoms with Gasteiger partial charge in [0.05, 0.1) is 0 Å². The van der Waals surface area contributed by atoms with Crippen LogP contribution in [0.25, 0.3) is 0 Å². The summed E-state index contributed by atoms with van der Waals surface area (Å²) < 4.78 is 79.6. The van der Waals surface area contributed by atoms with Gasteiger partial charge in [0.2, 0.25) is 5.95 Å². The number of benzene rings is 1. The fourth-order valence-electron chi connectivity index (χ4n) is 2.76. The largest absolute Gasteiger partial charge is 0.433 e. The summed E-state index contributed by atoms with van der Waals surface area (Å²) in [5, 5.41) is 4.95. The van der Waals surface area contributed by atoms with E-state index in [1.807, 2.05) is 0 Å². The van der Waals surface area contributed by atoms with E-state index in [-0.39, 0.29) is 12.0 Å². The van der Waals surface area contributed by atoms with Crippen molar-refractivity contribution in [2.75, 3.05) is 10.6 Å². The van der Waals surface area contributed by atoms with Gasteiger partial charge in [-0.15, -0.1) is 0 Å². The van der Waals surface area contributed by atoms with Crippen molar-refractivity contribution in [3.05, 3.63) is 41.3 Å². The third-order valence-electron chi connectivity index (χ3n) is 3.96. The third-order valence-corrected chi connectivity index (χ3v) is 3.96. The van der Waals surface area contributed by atoms with Gasteiger partial charge in [0.1, 0.15) is 17.3 Å². The minimum absolute atomic E-state index is 0.0642. The molecule has 1 aliphatic rings. The Morgan fingerprint density at radius 2 is 1.54 bits per heavy atom. The van der Waals surface area contributed by atoms with Gasteiger partial charge in [0, 0.05) is 24.2 Å². The molecule has 0 bridgehead atoms. The molecule has 0 amide bonds. The van der Waals surface area contributed by atoms with Gasteiger partial charge in [-0.2, -0.15) is 18.2 Å². The molecule has 1 aliphatic carbocycles. The molecule has 1 aromatic heterocycles. The van der Waals surface area contributed by atoms with Crippen molar-refractivity contribution >= 4 is 17.5 Å². The Hall–Kier alpha value is -2.52. The Bertz CT molecular complexity index is 779. The second-order valence-electron chi connectivity index (χ2n) is 5.95. The molecule has 2 N–H and O–H groups in total. The molecule has 140 valence electrons. The van der Waals surface area contributed by atoms with Gasteiger partial charge in [-0.25, -0.2) is 18.2 Å². The molecule has 1 saturated carbocycles. The fraction of sp³-hybridized carbons (Fsp3) is 0.375. The smallest absolute Gasteiger partial charge is 0.351 e. The lowest BCUT2D eigenvalue weighted by atomic mass is 10.2. The summed E-state index contributed by atoms with van der Waals surface area (Å²) >= 11 is 0. The lowest BCUT2D eigenvalue weighted by Gasteiger charge is -2.16. The number of aromatic nitrogens is 2.